The van der Waals surface area contributed by atoms with Crippen LogP contribution in [0.25, 0.3) is 0 Å². The molecule has 2 aliphatic carbocycles. The molecule has 0 unspecified atom stereocenters. The number of nitrogens with one attached hydrogen (secondary N) is 1. The third-order valence-electron chi connectivity index (χ3n) is 4.18. The second-order valence-corrected chi connectivity index (χ2v) is 6.94. The first-order valence-corrected chi connectivity index (χ1v) is 6.68. The van der Waals surface area contributed by atoms with E-state index in [9.17, 15) is 4.79 Å². The third kappa shape index (κ3) is 2.78. The van der Waals surface area contributed by atoms with Crippen molar-refractivity contribution in [2.75, 3.05) is 0 Å². The summed E-state index contributed by atoms with van der Waals surface area (Å²) >= 11 is 0. The first kappa shape index (κ1) is 11.9. The van der Waals surface area contributed by atoms with E-state index in [1.807, 2.05) is 0 Å². The minimum absolute atomic E-state index is 0.308. The highest BCUT2D eigenvalue weighted by atomic mass is 16.2. The number of carbonyl (C=O) groups excluding carboxylic acids is 1. The molecular formula is C14H25NO. The molecule has 0 saturated heterocycles. The molecule has 2 nitrogen and oxygen atoms in total. The summed E-state index contributed by atoms with van der Waals surface area (Å²) in [6, 6.07) is 0.416. The predicted octanol–water partition coefficient (Wildman–Crippen LogP) is 2.97. The van der Waals surface area contributed by atoms with Gasteiger partial charge in [0.2, 0.25) is 5.91 Å². The van der Waals surface area contributed by atoms with Crippen molar-refractivity contribution in [2.45, 2.75) is 59.4 Å². The lowest BCUT2D eigenvalue weighted by Gasteiger charge is -2.39. The fourth-order valence-corrected chi connectivity index (χ4v) is 3.45. The molecule has 2 aliphatic rings. The van der Waals surface area contributed by atoms with Gasteiger partial charge in [-0.1, -0.05) is 27.7 Å². The van der Waals surface area contributed by atoms with Crippen LogP contribution in [0.5, 0.6) is 0 Å². The average molecular weight is 223 g/mol. The van der Waals surface area contributed by atoms with Crippen LogP contribution >= 0.6 is 0 Å². The Bertz CT molecular complexity index is 284. The van der Waals surface area contributed by atoms with Crippen molar-refractivity contribution in [3.05, 3.63) is 0 Å². The molecule has 0 heterocycles. The standard InChI is InChI=1S/C14H25NO/c1-9-5-11(8-14(3,4)7-9)15-13(16)12-6-10(12)2/h9-12H,5-8H2,1-4H3,(H,15,16)/t9-,10+,11+,12-/m1/s1. The highest BCUT2D eigenvalue weighted by Gasteiger charge is 2.41. The molecule has 92 valence electrons. The largest absolute Gasteiger partial charge is 0.353 e. The van der Waals surface area contributed by atoms with Gasteiger partial charge in [0.05, 0.1) is 0 Å². The van der Waals surface area contributed by atoms with Crippen LogP contribution in [0.4, 0.5) is 0 Å². The van der Waals surface area contributed by atoms with E-state index in [0.717, 1.165) is 25.2 Å². The van der Waals surface area contributed by atoms with Gasteiger partial charge in [0, 0.05) is 12.0 Å². The smallest absolute Gasteiger partial charge is 0.223 e. The number of rotatable bonds is 2. The average Bonchev–Trinajstić information content (AvgIpc) is 2.78. The van der Waals surface area contributed by atoms with Gasteiger partial charge in [-0.15, -0.1) is 0 Å². The Balaban J connectivity index is 1.87. The van der Waals surface area contributed by atoms with Crippen LogP contribution in [0.2, 0.25) is 0 Å². The second-order valence-electron chi connectivity index (χ2n) is 6.94. The van der Waals surface area contributed by atoms with Crippen LogP contribution in [0.3, 0.4) is 0 Å². The Morgan fingerprint density at radius 1 is 1.19 bits per heavy atom. The van der Waals surface area contributed by atoms with Crippen LogP contribution in [0, 0.1) is 23.2 Å². The maximum absolute atomic E-state index is 11.9. The van der Waals surface area contributed by atoms with Gasteiger partial charge in [-0.05, 0) is 42.9 Å². The molecule has 0 aromatic rings. The first-order valence-electron chi connectivity index (χ1n) is 6.68. The fraction of sp³-hybridized carbons (Fsp3) is 0.929. The van der Waals surface area contributed by atoms with E-state index >= 15 is 0 Å². The predicted molar refractivity (Wildman–Crippen MR) is 66.0 cm³/mol. The number of amides is 1. The molecule has 16 heavy (non-hydrogen) atoms. The van der Waals surface area contributed by atoms with Crippen molar-refractivity contribution in [1.82, 2.24) is 5.32 Å². The summed E-state index contributed by atoms with van der Waals surface area (Å²) in [5, 5.41) is 3.26. The maximum Gasteiger partial charge on any atom is 0.223 e. The molecule has 0 radical (unpaired) electrons. The summed E-state index contributed by atoms with van der Waals surface area (Å²) in [7, 11) is 0. The monoisotopic (exact) mass is 223 g/mol. The molecule has 0 aromatic carbocycles. The summed E-state index contributed by atoms with van der Waals surface area (Å²) in [6.45, 7) is 9.11. The van der Waals surface area contributed by atoms with E-state index in [2.05, 4.69) is 33.0 Å². The summed E-state index contributed by atoms with van der Waals surface area (Å²) in [6.07, 6.45) is 4.69. The topological polar surface area (TPSA) is 29.1 Å². The Morgan fingerprint density at radius 3 is 2.31 bits per heavy atom. The van der Waals surface area contributed by atoms with Gasteiger partial charge in [0.15, 0.2) is 0 Å². The van der Waals surface area contributed by atoms with Crippen LogP contribution in [0.1, 0.15) is 53.4 Å². The van der Waals surface area contributed by atoms with Crippen LogP contribution in [-0.2, 0) is 4.79 Å². The maximum atomic E-state index is 11.9. The normalized spacial score (nSPS) is 41.5. The molecule has 4 atom stereocenters. The highest BCUT2D eigenvalue weighted by Crippen LogP contribution is 2.40. The Hall–Kier alpha value is -0.530. The van der Waals surface area contributed by atoms with Crippen LogP contribution < -0.4 is 5.32 Å². The summed E-state index contributed by atoms with van der Waals surface area (Å²) in [4.78, 5) is 11.9. The molecule has 0 aromatic heterocycles. The van der Waals surface area contributed by atoms with Gasteiger partial charge in [0.1, 0.15) is 0 Å². The third-order valence-corrected chi connectivity index (χ3v) is 4.18. The fourth-order valence-electron chi connectivity index (χ4n) is 3.45. The Labute approximate surface area is 99.2 Å². The zero-order valence-corrected chi connectivity index (χ0v) is 11.0. The number of carbonyl (C=O) groups is 1. The lowest BCUT2D eigenvalue weighted by atomic mass is 9.70. The molecule has 2 rings (SSSR count). The summed E-state index contributed by atoms with van der Waals surface area (Å²) in [5.41, 5.74) is 0.394. The molecule has 0 spiro atoms. The molecule has 2 heteroatoms. The minimum atomic E-state index is 0.308. The van der Waals surface area contributed by atoms with Gasteiger partial charge in [0.25, 0.3) is 0 Å². The minimum Gasteiger partial charge on any atom is -0.353 e. The van der Waals surface area contributed by atoms with E-state index in [0.29, 0.717) is 29.2 Å². The van der Waals surface area contributed by atoms with Gasteiger partial charge < -0.3 is 5.32 Å². The zero-order valence-electron chi connectivity index (χ0n) is 11.0. The van der Waals surface area contributed by atoms with E-state index < -0.39 is 0 Å². The Kier molecular flexibility index (Phi) is 3.02. The molecule has 0 aliphatic heterocycles. The van der Waals surface area contributed by atoms with Crippen LogP contribution in [-0.4, -0.2) is 11.9 Å². The van der Waals surface area contributed by atoms with Crippen molar-refractivity contribution in [2.24, 2.45) is 23.2 Å². The zero-order chi connectivity index (χ0) is 11.9. The molecule has 1 amide bonds. The van der Waals surface area contributed by atoms with Crippen molar-refractivity contribution in [1.29, 1.82) is 0 Å². The van der Waals surface area contributed by atoms with E-state index in [4.69, 9.17) is 0 Å². The van der Waals surface area contributed by atoms with Crippen LogP contribution in [0.15, 0.2) is 0 Å². The van der Waals surface area contributed by atoms with Crippen molar-refractivity contribution >= 4 is 5.91 Å². The number of hydrogen-bond acceptors (Lipinski definition) is 1. The lowest BCUT2D eigenvalue weighted by molar-refractivity contribution is -0.123. The lowest BCUT2D eigenvalue weighted by Crippen LogP contribution is -2.43. The molecule has 0 bridgehead atoms. The summed E-state index contributed by atoms with van der Waals surface area (Å²) in [5.74, 6) is 1.99. The van der Waals surface area contributed by atoms with Crippen molar-refractivity contribution in [3.63, 3.8) is 0 Å². The highest BCUT2D eigenvalue weighted by molar-refractivity contribution is 5.81. The molecule has 1 N–H and O–H groups in total. The van der Waals surface area contributed by atoms with Gasteiger partial charge >= 0.3 is 0 Å². The van der Waals surface area contributed by atoms with Crippen molar-refractivity contribution in [3.8, 4) is 0 Å². The molecule has 2 saturated carbocycles. The van der Waals surface area contributed by atoms with Gasteiger partial charge in [-0.3, -0.25) is 4.79 Å². The molecular weight excluding hydrogens is 198 g/mol. The van der Waals surface area contributed by atoms with E-state index in [-0.39, 0.29) is 0 Å². The van der Waals surface area contributed by atoms with Gasteiger partial charge in [-0.2, -0.15) is 0 Å². The second kappa shape index (κ2) is 4.05. The van der Waals surface area contributed by atoms with E-state index in [1.165, 1.54) is 6.42 Å². The number of hydrogen-bond donors (Lipinski definition) is 1. The quantitative estimate of drug-likeness (QED) is 0.766. The molecule has 2 fully saturated rings. The van der Waals surface area contributed by atoms with E-state index in [1.54, 1.807) is 0 Å². The van der Waals surface area contributed by atoms with Crippen molar-refractivity contribution < 1.29 is 4.79 Å². The SMILES string of the molecule is C[C@@H]1C[C@H](NC(=O)[C@@H]2C[C@@H]2C)CC(C)(C)C1. The Morgan fingerprint density at radius 2 is 1.81 bits per heavy atom. The first-order chi connectivity index (χ1) is 7.37. The van der Waals surface area contributed by atoms with Gasteiger partial charge in [-0.25, -0.2) is 0 Å². The summed E-state index contributed by atoms with van der Waals surface area (Å²) < 4.78 is 0.